The van der Waals surface area contributed by atoms with Crippen LogP contribution in [0.2, 0.25) is 0 Å². The van der Waals surface area contributed by atoms with Crippen LogP contribution >= 0.6 is 0 Å². The van der Waals surface area contributed by atoms with Crippen molar-refractivity contribution < 1.29 is 9.53 Å². The van der Waals surface area contributed by atoms with Crippen LogP contribution in [-0.4, -0.2) is 5.78 Å². The van der Waals surface area contributed by atoms with Crippen molar-refractivity contribution in [3.05, 3.63) is 221 Å². The molecule has 7 rings (SSSR count). The van der Waals surface area contributed by atoms with Gasteiger partial charge in [-0.25, -0.2) is 0 Å². The monoisotopic (exact) mass is 809 g/mol. The zero-order chi connectivity index (χ0) is 45.1. The Labute approximate surface area is 368 Å². The molecule has 2 nitrogen and oxygen atoms in total. The van der Waals surface area contributed by atoms with E-state index in [1.54, 1.807) is 0 Å². The van der Waals surface area contributed by atoms with E-state index in [9.17, 15) is 4.79 Å². The molecule has 7 aromatic carbocycles. The Bertz CT molecular complexity index is 2430. The summed E-state index contributed by atoms with van der Waals surface area (Å²) in [4.78, 5) is 12.4. The molecule has 2 heteroatoms. The van der Waals surface area contributed by atoms with Crippen molar-refractivity contribution in [2.45, 2.75) is 111 Å². The summed E-state index contributed by atoms with van der Waals surface area (Å²) >= 11 is 0. The smallest absolute Gasteiger partial charge is 0.193 e. The van der Waals surface area contributed by atoms with Crippen molar-refractivity contribution in [2.24, 2.45) is 0 Å². The third-order valence-corrected chi connectivity index (χ3v) is 12.2. The lowest BCUT2D eigenvalue weighted by molar-refractivity contribution is 0.103. The molecule has 0 radical (unpaired) electrons. The molecule has 0 fully saturated rings. The lowest BCUT2D eigenvalue weighted by Gasteiger charge is -2.09. The SMILES string of the molecule is Cc1cc(C)c(C)cc1C.Cc1ccc(-c2ccc(C)c(C)c2)cc1C.Cc1ccc(C(=O)c2ccc(C)c(C)c2)cc1C.Cc1ccc(Oc2ccc(C)c(C)c2)cc1C. The van der Waals surface area contributed by atoms with Crippen molar-refractivity contribution in [3.63, 3.8) is 0 Å². The van der Waals surface area contributed by atoms with Gasteiger partial charge in [0.1, 0.15) is 11.5 Å². The quantitative estimate of drug-likeness (QED) is 0.162. The Morgan fingerprint density at radius 1 is 0.262 bits per heavy atom. The predicted molar refractivity (Wildman–Crippen MR) is 263 cm³/mol. The van der Waals surface area contributed by atoms with Gasteiger partial charge in [0, 0.05) is 11.1 Å². The van der Waals surface area contributed by atoms with Crippen LogP contribution in [-0.2, 0) is 0 Å². The summed E-state index contributed by atoms with van der Waals surface area (Å²) in [5, 5.41) is 0. The molecule has 0 saturated heterocycles. The number of aryl methyl sites for hydroxylation is 16. The van der Waals surface area contributed by atoms with Crippen LogP contribution in [0.4, 0.5) is 0 Å². The lowest BCUT2D eigenvalue weighted by Crippen LogP contribution is -2.03. The third kappa shape index (κ3) is 13.5. The van der Waals surface area contributed by atoms with Crippen LogP contribution in [0.15, 0.2) is 121 Å². The van der Waals surface area contributed by atoms with Crippen LogP contribution < -0.4 is 4.74 Å². The van der Waals surface area contributed by atoms with E-state index in [4.69, 9.17) is 4.74 Å². The first-order valence-electron chi connectivity index (χ1n) is 21.4. The van der Waals surface area contributed by atoms with Crippen LogP contribution in [0.1, 0.15) is 105 Å². The largest absolute Gasteiger partial charge is 0.457 e. The van der Waals surface area contributed by atoms with Crippen molar-refractivity contribution >= 4 is 5.78 Å². The standard InChI is InChI=1S/C17H18O.C16H18O.C16H18.C10H14/c1-11-5-7-15(9-13(11)3)17(18)16-8-6-12(2)14(4)10-16;1-11-5-7-15(9-13(11)3)17-16-8-6-12(2)14(4)10-16;1-11-5-7-15(9-13(11)3)16-8-6-12(2)14(4)10-16;1-7-5-9(3)10(4)6-8(7)2/h5-10H,1-4H3;5-10H,1-4H3;5-10H,1-4H3;5-6H,1-4H3. The molecular weight excluding hydrogens is 741 g/mol. The molecule has 61 heavy (non-hydrogen) atoms. The maximum Gasteiger partial charge on any atom is 0.193 e. The summed E-state index contributed by atoms with van der Waals surface area (Å²) in [6.07, 6.45) is 0. The summed E-state index contributed by atoms with van der Waals surface area (Å²) in [5.41, 5.74) is 25.0. The highest BCUT2D eigenvalue weighted by Crippen LogP contribution is 2.26. The minimum Gasteiger partial charge on any atom is -0.457 e. The summed E-state index contributed by atoms with van der Waals surface area (Å²) in [5.74, 6) is 1.90. The molecule has 0 saturated carbocycles. The number of hydrogen-bond donors (Lipinski definition) is 0. The second kappa shape index (κ2) is 21.5. The van der Waals surface area contributed by atoms with E-state index < -0.39 is 0 Å². The van der Waals surface area contributed by atoms with Gasteiger partial charge in [0.15, 0.2) is 5.78 Å². The molecular formula is C59H68O2. The van der Waals surface area contributed by atoms with Crippen molar-refractivity contribution in [1.29, 1.82) is 0 Å². The average Bonchev–Trinajstić information content (AvgIpc) is 3.21. The van der Waals surface area contributed by atoms with Crippen LogP contribution in [0, 0.1) is 111 Å². The molecule has 0 bridgehead atoms. The summed E-state index contributed by atoms with van der Waals surface area (Å²) in [6.45, 7) is 33.8. The number of carbonyl (C=O) groups excluding carboxylic acids is 1. The Hall–Kier alpha value is -5.99. The minimum atomic E-state index is 0.0983. The minimum absolute atomic E-state index is 0.0983. The number of ether oxygens (including phenoxy) is 1. The van der Waals surface area contributed by atoms with E-state index in [0.717, 1.165) is 33.8 Å². The molecule has 0 aliphatic rings. The average molecular weight is 809 g/mol. The van der Waals surface area contributed by atoms with E-state index >= 15 is 0 Å². The maximum absolute atomic E-state index is 12.4. The zero-order valence-electron chi connectivity index (χ0n) is 39.9. The molecule has 0 N–H and O–H groups in total. The van der Waals surface area contributed by atoms with Gasteiger partial charge < -0.3 is 4.74 Å². The van der Waals surface area contributed by atoms with Gasteiger partial charge in [0.25, 0.3) is 0 Å². The van der Waals surface area contributed by atoms with E-state index in [-0.39, 0.29) is 5.78 Å². The first-order chi connectivity index (χ1) is 28.7. The van der Waals surface area contributed by atoms with Gasteiger partial charge in [-0.05, 0) is 247 Å². The summed E-state index contributed by atoms with van der Waals surface area (Å²) in [7, 11) is 0. The number of carbonyl (C=O) groups is 1. The third-order valence-electron chi connectivity index (χ3n) is 12.2. The normalized spacial score (nSPS) is 10.4. The first-order valence-corrected chi connectivity index (χ1v) is 21.4. The van der Waals surface area contributed by atoms with E-state index in [1.807, 2.05) is 62.4 Å². The second-order valence-corrected chi connectivity index (χ2v) is 17.1. The van der Waals surface area contributed by atoms with E-state index in [0.29, 0.717) is 0 Å². The van der Waals surface area contributed by atoms with Gasteiger partial charge in [0.2, 0.25) is 0 Å². The maximum atomic E-state index is 12.4. The molecule has 316 valence electrons. The van der Waals surface area contributed by atoms with Crippen molar-refractivity contribution in [3.8, 4) is 22.6 Å². The highest BCUT2D eigenvalue weighted by atomic mass is 16.5. The second-order valence-electron chi connectivity index (χ2n) is 17.1. The van der Waals surface area contributed by atoms with Crippen LogP contribution in [0.3, 0.4) is 0 Å². The zero-order valence-corrected chi connectivity index (χ0v) is 39.9. The number of hydrogen-bond acceptors (Lipinski definition) is 2. The first kappa shape index (κ1) is 47.7. The van der Waals surface area contributed by atoms with Gasteiger partial charge in [-0.1, -0.05) is 84.9 Å². The lowest BCUT2D eigenvalue weighted by atomic mass is 9.97. The number of rotatable bonds is 5. The molecule has 7 aromatic rings. The fourth-order valence-corrected chi connectivity index (χ4v) is 6.57. The summed E-state index contributed by atoms with van der Waals surface area (Å²) in [6, 6.07) is 41.9. The van der Waals surface area contributed by atoms with Crippen molar-refractivity contribution in [2.75, 3.05) is 0 Å². The molecule has 0 heterocycles. The van der Waals surface area contributed by atoms with Crippen molar-refractivity contribution in [1.82, 2.24) is 0 Å². The molecule has 0 atom stereocenters. The Morgan fingerprint density at radius 3 is 0.787 bits per heavy atom. The molecule has 0 spiro atoms. The fourth-order valence-electron chi connectivity index (χ4n) is 6.57. The molecule has 0 aliphatic heterocycles. The van der Waals surface area contributed by atoms with Crippen LogP contribution in [0.25, 0.3) is 11.1 Å². The van der Waals surface area contributed by atoms with E-state index in [1.165, 1.54) is 89.0 Å². The molecule has 0 unspecified atom stereocenters. The van der Waals surface area contributed by atoms with Gasteiger partial charge >= 0.3 is 0 Å². The fraction of sp³-hybridized carbons (Fsp3) is 0.271. The van der Waals surface area contributed by atoms with Gasteiger partial charge in [-0.2, -0.15) is 0 Å². The molecule has 0 aliphatic carbocycles. The Kier molecular flexibility index (Phi) is 16.8. The van der Waals surface area contributed by atoms with E-state index in [2.05, 4.69) is 170 Å². The predicted octanol–water partition coefficient (Wildman–Crippen LogP) is 16.4. The number of ketones is 1. The van der Waals surface area contributed by atoms with Gasteiger partial charge in [-0.15, -0.1) is 0 Å². The highest BCUT2D eigenvalue weighted by molar-refractivity contribution is 6.09. The number of benzene rings is 7. The Balaban J connectivity index is 0.000000182. The summed E-state index contributed by atoms with van der Waals surface area (Å²) < 4.78 is 5.85. The van der Waals surface area contributed by atoms with Gasteiger partial charge in [0.05, 0.1) is 0 Å². The van der Waals surface area contributed by atoms with Gasteiger partial charge in [-0.3, -0.25) is 4.79 Å². The highest BCUT2D eigenvalue weighted by Gasteiger charge is 2.11. The molecule has 0 aromatic heterocycles. The Morgan fingerprint density at radius 2 is 0.508 bits per heavy atom. The topological polar surface area (TPSA) is 26.3 Å². The van der Waals surface area contributed by atoms with Crippen LogP contribution in [0.5, 0.6) is 11.5 Å². The molecule has 0 amide bonds.